The fourth-order valence-electron chi connectivity index (χ4n) is 5.41. The van der Waals surface area contributed by atoms with E-state index in [4.69, 9.17) is 11.6 Å². The summed E-state index contributed by atoms with van der Waals surface area (Å²) in [6, 6.07) is 10.3. The fraction of sp³-hybridized carbons (Fsp3) is 0.429. The van der Waals surface area contributed by atoms with E-state index in [0.717, 1.165) is 36.6 Å². The lowest BCUT2D eigenvalue weighted by molar-refractivity contribution is -0.120. The van der Waals surface area contributed by atoms with E-state index in [0.29, 0.717) is 46.2 Å². The highest BCUT2D eigenvalue weighted by molar-refractivity contribution is 9.10. The van der Waals surface area contributed by atoms with Gasteiger partial charge in [-0.2, -0.15) is 0 Å². The molecule has 0 radical (unpaired) electrons. The van der Waals surface area contributed by atoms with Crippen molar-refractivity contribution in [2.75, 3.05) is 5.32 Å². The third-order valence-electron chi connectivity index (χ3n) is 7.63. The number of Topliss-reactive ketones (excluding diaryl/α,β-unsaturated/α-hetero) is 1. The van der Waals surface area contributed by atoms with Crippen molar-refractivity contribution in [3.8, 4) is 0 Å². The highest BCUT2D eigenvalue weighted by atomic mass is 79.9. The second kappa shape index (κ2) is 10.6. The van der Waals surface area contributed by atoms with Gasteiger partial charge in [0.1, 0.15) is 0 Å². The second-order valence-corrected chi connectivity index (χ2v) is 11.4. The molecule has 2 fully saturated rings. The van der Waals surface area contributed by atoms with Gasteiger partial charge in [-0.15, -0.1) is 0 Å². The maximum absolute atomic E-state index is 13.3. The molecule has 0 bridgehead atoms. The minimum Gasteiger partial charge on any atom is -0.326 e. The van der Waals surface area contributed by atoms with E-state index in [1.54, 1.807) is 41.0 Å². The highest BCUT2D eigenvalue weighted by Crippen LogP contribution is 2.36. The molecule has 1 amide bonds. The molecule has 0 aliphatic heterocycles. The first-order valence-electron chi connectivity index (χ1n) is 12.8. The molecule has 2 saturated carbocycles. The number of ketones is 1. The van der Waals surface area contributed by atoms with Crippen molar-refractivity contribution < 1.29 is 9.59 Å². The van der Waals surface area contributed by atoms with Gasteiger partial charge in [-0.05, 0) is 96.8 Å². The molecular formula is C28H29BrClN3O4. The van der Waals surface area contributed by atoms with Crippen molar-refractivity contribution in [3.05, 3.63) is 72.3 Å². The number of benzene rings is 2. The van der Waals surface area contributed by atoms with Crippen LogP contribution in [-0.4, -0.2) is 20.8 Å². The molecule has 1 N–H and O–H groups in total. The summed E-state index contributed by atoms with van der Waals surface area (Å²) in [7, 11) is 0. The van der Waals surface area contributed by atoms with Gasteiger partial charge in [-0.25, -0.2) is 4.79 Å². The van der Waals surface area contributed by atoms with Crippen molar-refractivity contribution in [1.82, 2.24) is 9.13 Å². The predicted molar refractivity (Wildman–Crippen MR) is 148 cm³/mol. The Hall–Kier alpha value is -2.71. The Morgan fingerprint density at radius 3 is 2.54 bits per heavy atom. The third kappa shape index (κ3) is 5.32. The fourth-order valence-corrected chi connectivity index (χ4v) is 5.84. The van der Waals surface area contributed by atoms with Crippen molar-refractivity contribution in [2.24, 2.45) is 17.8 Å². The number of carbonyl (C=O) groups excluding carboxylic acids is 2. The maximum Gasteiger partial charge on any atom is 0.331 e. The number of nitrogens with zero attached hydrogens (tertiary/aromatic N) is 2. The predicted octanol–water partition coefficient (Wildman–Crippen LogP) is 5.64. The number of anilines is 1. The number of carbonyl (C=O) groups is 2. The lowest BCUT2D eigenvalue weighted by atomic mass is 9.88. The van der Waals surface area contributed by atoms with Crippen LogP contribution in [0.4, 0.5) is 5.69 Å². The van der Waals surface area contributed by atoms with Crippen LogP contribution in [0.25, 0.3) is 10.9 Å². The van der Waals surface area contributed by atoms with E-state index in [2.05, 4.69) is 21.2 Å². The van der Waals surface area contributed by atoms with Gasteiger partial charge >= 0.3 is 5.69 Å². The average Bonchev–Trinajstić information content (AvgIpc) is 3.59. The molecule has 2 aliphatic rings. The van der Waals surface area contributed by atoms with Gasteiger partial charge in [0.2, 0.25) is 5.91 Å². The van der Waals surface area contributed by atoms with Crippen LogP contribution in [0.2, 0.25) is 5.02 Å². The number of fused-ring (bicyclic) bond motifs is 1. The number of aryl methyl sites for hydroxylation is 1. The first kappa shape index (κ1) is 25.9. The standard InChI is InChI=1S/C28H29BrClN3O4/c1-2-32-24-11-8-18(12-21(24)27(36)33(28(32)37)15-16-6-7-16)25(34)13-17-4-3-5-20(17)26(35)31-19-9-10-22(29)23(30)14-19/h8-12,14,16-17,20H,2-7,13,15H2,1H3,(H,31,35)/t17-,20-/m1/s1. The smallest absolute Gasteiger partial charge is 0.326 e. The largest absolute Gasteiger partial charge is 0.331 e. The van der Waals surface area contributed by atoms with Crippen LogP contribution in [0.3, 0.4) is 0 Å². The molecule has 9 heteroatoms. The highest BCUT2D eigenvalue weighted by Gasteiger charge is 2.34. The molecule has 0 unspecified atom stereocenters. The van der Waals surface area contributed by atoms with Crippen molar-refractivity contribution >= 4 is 55.8 Å². The topological polar surface area (TPSA) is 90.2 Å². The zero-order chi connectivity index (χ0) is 26.3. The normalized spacial score (nSPS) is 19.3. The maximum atomic E-state index is 13.3. The summed E-state index contributed by atoms with van der Waals surface area (Å²) in [6.45, 7) is 2.74. The van der Waals surface area contributed by atoms with Crippen LogP contribution in [0.15, 0.2) is 50.5 Å². The van der Waals surface area contributed by atoms with Gasteiger partial charge in [0.25, 0.3) is 5.56 Å². The van der Waals surface area contributed by atoms with Gasteiger partial charge < -0.3 is 5.32 Å². The molecule has 0 spiro atoms. The van der Waals surface area contributed by atoms with Gasteiger partial charge in [-0.3, -0.25) is 23.5 Å². The number of rotatable bonds is 8. The third-order valence-corrected chi connectivity index (χ3v) is 8.86. The SMILES string of the molecule is CCn1c(=O)n(CC2CC2)c(=O)c2cc(C(=O)C[C@H]3CCC[C@H]3C(=O)Nc3ccc(Br)c(Cl)c3)ccc21. The molecule has 1 heterocycles. The summed E-state index contributed by atoms with van der Waals surface area (Å²) in [5, 5.41) is 3.84. The Morgan fingerprint density at radius 1 is 1.05 bits per heavy atom. The number of hydrogen-bond acceptors (Lipinski definition) is 4. The number of hydrogen-bond donors (Lipinski definition) is 1. The molecule has 1 aromatic heterocycles. The van der Waals surface area contributed by atoms with E-state index < -0.39 is 0 Å². The Balaban J connectivity index is 1.37. The molecule has 0 saturated heterocycles. The molecule has 194 valence electrons. The van der Waals surface area contributed by atoms with Gasteiger partial charge in [0.15, 0.2) is 5.78 Å². The van der Waals surface area contributed by atoms with Gasteiger partial charge in [0.05, 0.1) is 15.9 Å². The minimum absolute atomic E-state index is 0.0785. The summed E-state index contributed by atoms with van der Waals surface area (Å²) < 4.78 is 3.67. The molecule has 7 nitrogen and oxygen atoms in total. The zero-order valence-electron chi connectivity index (χ0n) is 20.6. The molecule has 2 aliphatic carbocycles. The summed E-state index contributed by atoms with van der Waals surface area (Å²) in [5.41, 5.74) is 0.978. The Morgan fingerprint density at radius 2 is 1.84 bits per heavy atom. The van der Waals surface area contributed by atoms with Crippen LogP contribution in [0.5, 0.6) is 0 Å². The van der Waals surface area contributed by atoms with Crippen molar-refractivity contribution in [3.63, 3.8) is 0 Å². The second-order valence-electron chi connectivity index (χ2n) is 10.2. The van der Waals surface area contributed by atoms with Crippen LogP contribution in [-0.2, 0) is 17.9 Å². The first-order chi connectivity index (χ1) is 17.8. The van der Waals surface area contributed by atoms with E-state index >= 15 is 0 Å². The molecule has 2 aromatic carbocycles. The summed E-state index contributed by atoms with van der Waals surface area (Å²) in [6.07, 6.45) is 4.68. The lowest BCUT2D eigenvalue weighted by Crippen LogP contribution is -2.40. The zero-order valence-corrected chi connectivity index (χ0v) is 23.0. The van der Waals surface area contributed by atoms with E-state index in [1.165, 1.54) is 4.57 Å². The van der Waals surface area contributed by atoms with Gasteiger partial charge in [0, 0.05) is 41.2 Å². The Kier molecular flexibility index (Phi) is 7.41. The van der Waals surface area contributed by atoms with Crippen LogP contribution < -0.4 is 16.6 Å². The van der Waals surface area contributed by atoms with E-state index in [9.17, 15) is 19.2 Å². The van der Waals surface area contributed by atoms with Crippen molar-refractivity contribution in [2.45, 2.75) is 58.5 Å². The lowest BCUT2D eigenvalue weighted by Gasteiger charge is -2.19. The molecule has 2 atom stereocenters. The quantitative estimate of drug-likeness (QED) is 0.346. The summed E-state index contributed by atoms with van der Waals surface area (Å²) in [5.74, 6) is -0.183. The number of halogens is 2. The van der Waals surface area contributed by atoms with Gasteiger partial charge in [-0.1, -0.05) is 18.0 Å². The molecular weight excluding hydrogens is 558 g/mol. The number of nitrogens with one attached hydrogen (secondary N) is 1. The van der Waals surface area contributed by atoms with Crippen LogP contribution in [0.1, 0.15) is 55.8 Å². The average molecular weight is 587 g/mol. The number of amides is 1. The molecule has 37 heavy (non-hydrogen) atoms. The van der Waals surface area contributed by atoms with Crippen molar-refractivity contribution in [1.29, 1.82) is 0 Å². The minimum atomic E-state index is -0.336. The monoisotopic (exact) mass is 585 g/mol. The Labute approximate surface area is 227 Å². The molecule has 5 rings (SSSR count). The molecule has 3 aromatic rings. The van der Waals surface area contributed by atoms with E-state index in [1.807, 2.05) is 6.92 Å². The Bertz CT molecular complexity index is 1510. The number of aromatic nitrogens is 2. The van der Waals surface area contributed by atoms with Crippen LogP contribution >= 0.6 is 27.5 Å². The van der Waals surface area contributed by atoms with Crippen LogP contribution in [0, 0.1) is 17.8 Å². The summed E-state index contributed by atoms with van der Waals surface area (Å²) >= 11 is 9.50. The first-order valence-corrected chi connectivity index (χ1v) is 14.0. The summed E-state index contributed by atoms with van der Waals surface area (Å²) in [4.78, 5) is 52.5. The van der Waals surface area contributed by atoms with E-state index in [-0.39, 0.29) is 41.2 Å².